The zero-order chi connectivity index (χ0) is 13.2. The van der Waals surface area contributed by atoms with Crippen molar-refractivity contribution in [3.8, 4) is 0 Å². The van der Waals surface area contributed by atoms with Crippen molar-refractivity contribution < 1.29 is 17.6 Å². The Bertz CT molecular complexity index is 383. The van der Waals surface area contributed by atoms with E-state index in [0.717, 1.165) is 11.3 Å². The van der Waals surface area contributed by atoms with Gasteiger partial charge in [-0.2, -0.15) is 22.5 Å². The number of rotatable bonds is 4. The van der Waals surface area contributed by atoms with Crippen molar-refractivity contribution in [3.63, 3.8) is 0 Å². The second kappa shape index (κ2) is 5.33. The summed E-state index contributed by atoms with van der Waals surface area (Å²) in [7, 11) is 1.38. The lowest BCUT2D eigenvalue weighted by Gasteiger charge is -2.23. The van der Waals surface area contributed by atoms with E-state index < -0.39 is 29.2 Å². The molecular formula is C11H14F4N2. The third-order valence-corrected chi connectivity index (χ3v) is 2.64. The molecule has 0 bridgehead atoms. The normalized spacial score (nSPS) is 12.6. The molecule has 0 amide bonds. The Morgan fingerprint density at radius 3 is 2.00 bits per heavy atom. The van der Waals surface area contributed by atoms with E-state index in [1.54, 1.807) is 0 Å². The molecule has 1 unspecified atom stereocenters. The first-order valence-electron chi connectivity index (χ1n) is 5.29. The minimum atomic E-state index is -1.63. The summed E-state index contributed by atoms with van der Waals surface area (Å²) in [4.78, 5) is 3.66. The van der Waals surface area contributed by atoms with Crippen LogP contribution in [0.3, 0.4) is 0 Å². The van der Waals surface area contributed by atoms with E-state index in [2.05, 4.69) is 4.98 Å². The van der Waals surface area contributed by atoms with Gasteiger partial charge in [-0.15, -0.1) is 0 Å². The van der Waals surface area contributed by atoms with Gasteiger partial charge in [-0.25, -0.2) is 0 Å². The second-order valence-electron chi connectivity index (χ2n) is 4.06. The van der Waals surface area contributed by atoms with Gasteiger partial charge in [0.05, 0.1) is 0 Å². The molecule has 6 heteroatoms. The molecule has 0 aliphatic carbocycles. The van der Waals surface area contributed by atoms with E-state index in [0.29, 0.717) is 6.54 Å². The van der Waals surface area contributed by atoms with Crippen LogP contribution in [0.15, 0.2) is 0 Å². The molecule has 0 saturated heterocycles. The Labute approximate surface area is 97.3 Å². The van der Waals surface area contributed by atoms with Gasteiger partial charge in [-0.05, 0) is 5.92 Å². The molecule has 1 heterocycles. The first-order valence-corrected chi connectivity index (χ1v) is 5.29. The number of anilines is 1. The number of hydrogen-bond donors (Lipinski definition) is 0. The van der Waals surface area contributed by atoms with Gasteiger partial charge >= 0.3 is 0 Å². The lowest BCUT2D eigenvalue weighted by molar-refractivity contribution is 0.404. The number of halogens is 4. The number of hydrogen-bond acceptors (Lipinski definition) is 2. The standard InChI is InChI=1S/C11H14F4N2/c1-4-6(2)5-17(3)9-7(12)10(14)16-11(15)8(9)13/h6H,4-5H2,1-3H3. The molecule has 0 aliphatic heterocycles. The first-order chi connectivity index (χ1) is 7.88. The summed E-state index contributed by atoms with van der Waals surface area (Å²) >= 11 is 0. The second-order valence-corrected chi connectivity index (χ2v) is 4.06. The Morgan fingerprint density at radius 2 is 1.59 bits per heavy atom. The van der Waals surface area contributed by atoms with Crippen molar-refractivity contribution in [2.45, 2.75) is 20.3 Å². The van der Waals surface area contributed by atoms with Crippen molar-refractivity contribution in [1.82, 2.24) is 4.98 Å². The highest BCUT2D eigenvalue weighted by Crippen LogP contribution is 2.26. The van der Waals surface area contributed by atoms with Gasteiger partial charge in [0.1, 0.15) is 5.69 Å². The quantitative estimate of drug-likeness (QED) is 0.603. The highest BCUT2D eigenvalue weighted by molar-refractivity contribution is 5.47. The molecule has 1 aromatic rings. The molecule has 0 aromatic carbocycles. The molecular weight excluding hydrogens is 236 g/mol. The maximum absolute atomic E-state index is 13.4. The average molecular weight is 250 g/mol. The van der Waals surface area contributed by atoms with Crippen LogP contribution in [0, 0.1) is 29.4 Å². The summed E-state index contributed by atoms with van der Waals surface area (Å²) in [5.41, 5.74) is -0.713. The molecule has 0 fully saturated rings. The zero-order valence-corrected chi connectivity index (χ0v) is 9.90. The number of pyridine rings is 1. The van der Waals surface area contributed by atoms with E-state index in [4.69, 9.17) is 0 Å². The van der Waals surface area contributed by atoms with Gasteiger partial charge < -0.3 is 4.90 Å². The maximum Gasteiger partial charge on any atom is 0.253 e. The molecule has 0 saturated carbocycles. The van der Waals surface area contributed by atoms with Gasteiger partial charge in [0.15, 0.2) is 0 Å². The maximum atomic E-state index is 13.4. The van der Waals surface area contributed by atoms with Crippen molar-refractivity contribution in [2.24, 2.45) is 5.92 Å². The molecule has 0 aliphatic rings. The van der Waals surface area contributed by atoms with E-state index in [1.807, 2.05) is 13.8 Å². The van der Waals surface area contributed by atoms with Crippen LogP contribution in [0.4, 0.5) is 23.2 Å². The fourth-order valence-electron chi connectivity index (χ4n) is 1.50. The predicted molar refractivity (Wildman–Crippen MR) is 56.8 cm³/mol. The van der Waals surface area contributed by atoms with Gasteiger partial charge in [0.25, 0.3) is 11.9 Å². The van der Waals surface area contributed by atoms with Crippen LogP contribution in [0.1, 0.15) is 20.3 Å². The van der Waals surface area contributed by atoms with Crippen LogP contribution in [0.25, 0.3) is 0 Å². The topological polar surface area (TPSA) is 16.1 Å². The van der Waals surface area contributed by atoms with E-state index in [-0.39, 0.29) is 5.92 Å². The van der Waals surface area contributed by atoms with Crippen molar-refractivity contribution in [3.05, 3.63) is 23.5 Å². The van der Waals surface area contributed by atoms with Crippen molar-refractivity contribution in [2.75, 3.05) is 18.5 Å². The average Bonchev–Trinajstić information content (AvgIpc) is 2.26. The molecule has 1 rings (SSSR count). The van der Waals surface area contributed by atoms with Crippen LogP contribution in [0.5, 0.6) is 0 Å². The highest BCUT2D eigenvalue weighted by atomic mass is 19.2. The largest absolute Gasteiger partial charge is 0.369 e. The summed E-state index contributed by atoms with van der Waals surface area (Å²) in [6.45, 7) is 4.09. The first kappa shape index (κ1) is 13.7. The number of nitrogens with zero attached hydrogens (tertiary/aromatic N) is 2. The highest BCUT2D eigenvalue weighted by Gasteiger charge is 2.24. The van der Waals surface area contributed by atoms with E-state index in [9.17, 15) is 17.6 Å². The molecule has 17 heavy (non-hydrogen) atoms. The molecule has 1 aromatic heterocycles. The van der Waals surface area contributed by atoms with Gasteiger partial charge in [0, 0.05) is 13.6 Å². The fraction of sp³-hybridized carbons (Fsp3) is 0.545. The summed E-state index contributed by atoms with van der Waals surface area (Å²) in [6, 6.07) is 0. The molecule has 96 valence electrons. The summed E-state index contributed by atoms with van der Waals surface area (Å²) in [6.07, 6.45) is 0.795. The minimum absolute atomic E-state index is 0.151. The fourth-order valence-corrected chi connectivity index (χ4v) is 1.50. The lowest BCUT2D eigenvalue weighted by atomic mass is 10.1. The summed E-state index contributed by atoms with van der Waals surface area (Å²) in [5, 5.41) is 0. The minimum Gasteiger partial charge on any atom is -0.369 e. The summed E-state index contributed by atoms with van der Waals surface area (Å²) < 4.78 is 52.5. The molecule has 0 N–H and O–H groups in total. The SMILES string of the molecule is CCC(C)CN(C)c1c(F)c(F)nc(F)c1F. The van der Waals surface area contributed by atoms with Crippen LogP contribution in [-0.2, 0) is 0 Å². The Balaban J connectivity index is 3.12. The van der Waals surface area contributed by atoms with E-state index >= 15 is 0 Å². The summed E-state index contributed by atoms with van der Waals surface area (Å²) in [5.74, 6) is -6.03. The molecule has 0 spiro atoms. The molecule has 2 nitrogen and oxygen atoms in total. The number of aromatic nitrogens is 1. The van der Waals surface area contributed by atoms with E-state index in [1.165, 1.54) is 7.05 Å². The van der Waals surface area contributed by atoms with Crippen LogP contribution in [-0.4, -0.2) is 18.6 Å². The molecule has 0 radical (unpaired) electrons. The van der Waals surface area contributed by atoms with Crippen molar-refractivity contribution in [1.29, 1.82) is 0 Å². The smallest absolute Gasteiger partial charge is 0.253 e. The third kappa shape index (κ3) is 2.87. The van der Waals surface area contributed by atoms with Crippen LogP contribution >= 0.6 is 0 Å². The lowest BCUT2D eigenvalue weighted by Crippen LogP contribution is -2.26. The van der Waals surface area contributed by atoms with Crippen LogP contribution in [0.2, 0.25) is 0 Å². The van der Waals surface area contributed by atoms with Gasteiger partial charge in [0.2, 0.25) is 11.6 Å². The monoisotopic (exact) mass is 250 g/mol. The molecule has 1 atom stereocenters. The zero-order valence-electron chi connectivity index (χ0n) is 9.90. The Hall–Kier alpha value is -1.33. The predicted octanol–water partition coefficient (Wildman–Crippen LogP) is 3.12. The Kier molecular flexibility index (Phi) is 4.31. The van der Waals surface area contributed by atoms with Crippen molar-refractivity contribution >= 4 is 5.69 Å². The van der Waals surface area contributed by atoms with Gasteiger partial charge in [-0.3, -0.25) is 0 Å². The third-order valence-electron chi connectivity index (χ3n) is 2.64. The Morgan fingerprint density at radius 1 is 1.12 bits per heavy atom. The van der Waals surface area contributed by atoms with Gasteiger partial charge in [-0.1, -0.05) is 20.3 Å². The van der Waals surface area contributed by atoms with Crippen LogP contribution < -0.4 is 4.90 Å².